The Morgan fingerprint density at radius 3 is 2.56 bits per heavy atom. The van der Waals surface area contributed by atoms with E-state index in [1.165, 1.54) is 12.8 Å². The summed E-state index contributed by atoms with van der Waals surface area (Å²) in [4.78, 5) is 13.6. The summed E-state index contributed by atoms with van der Waals surface area (Å²) in [5.41, 5.74) is 2.77. The summed E-state index contributed by atoms with van der Waals surface area (Å²) in [7, 11) is 0. The highest BCUT2D eigenvalue weighted by atomic mass is 35.5. The Balaban J connectivity index is 1.57. The Morgan fingerprint density at radius 2 is 1.84 bits per heavy atom. The maximum Gasteiger partial charge on any atom is 0.225 e. The normalized spacial score (nSPS) is 13.5. The molecule has 1 aliphatic carbocycles. The molecule has 2 aromatic heterocycles. The van der Waals surface area contributed by atoms with Gasteiger partial charge in [0.15, 0.2) is 0 Å². The van der Waals surface area contributed by atoms with Crippen molar-refractivity contribution in [2.75, 3.05) is 10.6 Å². The maximum absolute atomic E-state index is 5.94. The van der Waals surface area contributed by atoms with Crippen LogP contribution in [0, 0.1) is 0 Å². The van der Waals surface area contributed by atoms with E-state index in [0.717, 1.165) is 27.8 Å². The van der Waals surface area contributed by atoms with Crippen molar-refractivity contribution in [2.24, 2.45) is 0 Å². The second kappa shape index (κ2) is 7.07. The van der Waals surface area contributed by atoms with E-state index in [1.54, 1.807) is 6.20 Å². The molecule has 2 N–H and O–H groups in total. The number of halogens is 1. The largest absolute Gasteiger partial charge is 0.366 e. The number of aromatic nitrogens is 3. The summed E-state index contributed by atoms with van der Waals surface area (Å²) < 4.78 is 0. The highest BCUT2D eigenvalue weighted by Gasteiger charge is 2.22. The molecule has 6 heteroatoms. The lowest BCUT2D eigenvalue weighted by Crippen LogP contribution is -2.09. The second-order valence-electron chi connectivity index (χ2n) is 6.08. The molecule has 0 amide bonds. The number of benzene rings is 1. The first-order chi connectivity index (χ1) is 12.3. The van der Waals surface area contributed by atoms with Crippen LogP contribution in [0.25, 0.3) is 11.4 Å². The molecule has 0 spiro atoms. The zero-order valence-electron chi connectivity index (χ0n) is 13.6. The van der Waals surface area contributed by atoms with E-state index in [-0.39, 0.29) is 0 Å². The van der Waals surface area contributed by atoms with Crippen molar-refractivity contribution < 1.29 is 0 Å². The van der Waals surface area contributed by atoms with Crippen LogP contribution in [0.2, 0.25) is 5.02 Å². The first kappa shape index (κ1) is 15.8. The van der Waals surface area contributed by atoms with Gasteiger partial charge in [-0.25, -0.2) is 4.98 Å². The first-order valence-corrected chi connectivity index (χ1v) is 8.69. The van der Waals surface area contributed by atoms with Crippen molar-refractivity contribution in [3.63, 3.8) is 0 Å². The fraction of sp³-hybridized carbons (Fsp3) is 0.211. The first-order valence-electron chi connectivity index (χ1n) is 8.31. The minimum Gasteiger partial charge on any atom is -0.366 e. The quantitative estimate of drug-likeness (QED) is 0.690. The lowest BCUT2D eigenvalue weighted by atomic mass is 10.2. The van der Waals surface area contributed by atoms with Crippen LogP contribution in [0.5, 0.6) is 0 Å². The lowest BCUT2D eigenvalue weighted by Gasteiger charge is -2.11. The number of nitrogens with zero attached hydrogens (tertiary/aromatic N) is 3. The fourth-order valence-corrected chi connectivity index (χ4v) is 2.58. The Bertz CT molecular complexity index is 847. The summed E-state index contributed by atoms with van der Waals surface area (Å²) in [5, 5.41) is 7.46. The van der Waals surface area contributed by atoms with E-state index in [0.29, 0.717) is 18.5 Å². The van der Waals surface area contributed by atoms with Gasteiger partial charge in [0, 0.05) is 29.9 Å². The van der Waals surface area contributed by atoms with Gasteiger partial charge in [-0.05, 0) is 42.7 Å². The molecule has 126 valence electrons. The van der Waals surface area contributed by atoms with Crippen molar-refractivity contribution >= 4 is 23.4 Å². The smallest absolute Gasteiger partial charge is 0.225 e. The zero-order chi connectivity index (χ0) is 17.1. The molecule has 0 radical (unpaired) electrons. The molecular weight excluding hydrogens is 334 g/mol. The molecule has 1 fully saturated rings. The Hall–Kier alpha value is -2.66. The average molecular weight is 352 g/mol. The minimum absolute atomic E-state index is 0.489. The number of rotatable bonds is 6. The van der Waals surface area contributed by atoms with Gasteiger partial charge in [-0.1, -0.05) is 29.8 Å². The second-order valence-corrected chi connectivity index (χ2v) is 6.51. The Morgan fingerprint density at radius 1 is 1.00 bits per heavy atom. The third-order valence-corrected chi connectivity index (χ3v) is 4.20. The molecule has 2 heterocycles. The van der Waals surface area contributed by atoms with Crippen LogP contribution in [0.4, 0.5) is 11.8 Å². The molecular formula is C19H18ClN5. The van der Waals surface area contributed by atoms with E-state index in [2.05, 4.69) is 25.6 Å². The Labute approximate surface area is 151 Å². The molecule has 0 aliphatic heterocycles. The van der Waals surface area contributed by atoms with Crippen LogP contribution in [0.1, 0.15) is 18.4 Å². The molecule has 25 heavy (non-hydrogen) atoms. The molecule has 1 saturated carbocycles. The van der Waals surface area contributed by atoms with Gasteiger partial charge in [0.1, 0.15) is 5.82 Å². The number of pyridine rings is 1. The van der Waals surface area contributed by atoms with Crippen LogP contribution >= 0.6 is 11.6 Å². The van der Waals surface area contributed by atoms with Crippen molar-refractivity contribution in [2.45, 2.75) is 25.4 Å². The van der Waals surface area contributed by atoms with Crippen molar-refractivity contribution in [3.05, 3.63) is 65.3 Å². The van der Waals surface area contributed by atoms with Crippen molar-refractivity contribution in [3.8, 4) is 11.4 Å². The highest BCUT2D eigenvalue weighted by molar-refractivity contribution is 6.30. The molecule has 0 saturated heterocycles. The van der Waals surface area contributed by atoms with Gasteiger partial charge in [0.25, 0.3) is 0 Å². The SMILES string of the molecule is Clc1ccc(CNc2cc(-c3ccccn3)nc(NC3CC3)n2)cc1. The summed E-state index contributed by atoms with van der Waals surface area (Å²) in [6.07, 6.45) is 4.11. The average Bonchev–Trinajstić information content (AvgIpc) is 3.46. The summed E-state index contributed by atoms with van der Waals surface area (Å²) in [6.45, 7) is 0.665. The predicted molar refractivity (Wildman–Crippen MR) is 101 cm³/mol. The number of hydrogen-bond donors (Lipinski definition) is 2. The van der Waals surface area contributed by atoms with Gasteiger partial charge in [0.05, 0.1) is 11.4 Å². The molecule has 1 aromatic carbocycles. The van der Waals surface area contributed by atoms with Gasteiger partial charge < -0.3 is 10.6 Å². The lowest BCUT2D eigenvalue weighted by molar-refractivity contribution is 1.03. The van der Waals surface area contributed by atoms with Gasteiger partial charge in [-0.2, -0.15) is 4.98 Å². The molecule has 0 unspecified atom stereocenters. The van der Waals surface area contributed by atoms with E-state index in [4.69, 9.17) is 11.6 Å². The zero-order valence-corrected chi connectivity index (χ0v) is 14.4. The van der Waals surface area contributed by atoms with Gasteiger partial charge in [0.2, 0.25) is 5.95 Å². The number of nitrogens with one attached hydrogen (secondary N) is 2. The number of anilines is 2. The van der Waals surface area contributed by atoms with Crippen LogP contribution < -0.4 is 10.6 Å². The van der Waals surface area contributed by atoms with Crippen molar-refractivity contribution in [1.29, 1.82) is 0 Å². The van der Waals surface area contributed by atoms with E-state index < -0.39 is 0 Å². The van der Waals surface area contributed by atoms with Gasteiger partial charge in [-0.15, -0.1) is 0 Å². The van der Waals surface area contributed by atoms with Gasteiger partial charge >= 0.3 is 0 Å². The standard InChI is InChI=1S/C19H18ClN5/c20-14-6-4-13(5-7-14)12-22-18-11-17(16-3-1-2-10-21-16)24-19(25-18)23-15-8-9-15/h1-7,10-11,15H,8-9,12H2,(H2,22,23,24,25). The number of hydrogen-bond acceptors (Lipinski definition) is 5. The van der Waals surface area contributed by atoms with E-state index in [9.17, 15) is 0 Å². The van der Waals surface area contributed by atoms with Crippen LogP contribution in [0.15, 0.2) is 54.7 Å². The maximum atomic E-state index is 5.94. The van der Waals surface area contributed by atoms with Crippen LogP contribution in [0.3, 0.4) is 0 Å². The van der Waals surface area contributed by atoms with Gasteiger partial charge in [-0.3, -0.25) is 4.98 Å². The third kappa shape index (κ3) is 4.25. The van der Waals surface area contributed by atoms with Crippen LogP contribution in [-0.2, 0) is 6.54 Å². The third-order valence-electron chi connectivity index (χ3n) is 3.95. The van der Waals surface area contributed by atoms with E-state index >= 15 is 0 Å². The molecule has 4 rings (SSSR count). The summed E-state index contributed by atoms with van der Waals surface area (Å²) in [6, 6.07) is 16.0. The molecule has 0 bridgehead atoms. The topological polar surface area (TPSA) is 62.7 Å². The van der Waals surface area contributed by atoms with Crippen LogP contribution in [-0.4, -0.2) is 21.0 Å². The molecule has 0 atom stereocenters. The predicted octanol–water partition coefficient (Wildman–Crippen LogP) is 4.38. The molecule has 1 aliphatic rings. The fourth-order valence-electron chi connectivity index (χ4n) is 2.45. The molecule has 3 aromatic rings. The Kier molecular flexibility index (Phi) is 4.48. The monoisotopic (exact) mass is 351 g/mol. The summed E-state index contributed by atoms with van der Waals surface area (Å²) in [5.74, 6) is 1.41. The van der Waals surface area contributed by atoms with E-state index in [1.807, 2.05) is 48.5 Å². The summed E-state index contributed by atoms with van der Waals surface area (Å²) >= 11 is 5.94. The van der Waals surface area contributed by atoms with Crippen molar-refractivity contribution in [1.82, 2.24) is 15.0 Å². The molecule has 5 nitrogen and oxygen atoms in total. The minimum atomic E-state index is 0.489. The highest BCUT2D eigenvalue weighted by Crippen LogP contribution is 2.26.